The monoisotopic (exact) mass is 240 g/mol. The van der Waals surface area contributed by atoms with E-state index in [1.165, 1.54) is 11.9 Å². The van der Waals surface area contributed by atoms with Gasteiger partial charge in [-0.05, 0) is 26.7 Å². The van der Waals surface area contributed by atoms with E-state index in [1.54, 1.807) is 0 Å². The van der Waals surface area contributed by atoms with Gasteiger partial charge in [-0.2, -0.15) is 0 Å². The number of imide groups is 1. The Kier molecular flexibility index (Phi) is 3.23. The summed E-state index contributed by atoms with van der Waals surface area (Å²) in [6.45, 7) is 4.79. The second-order valence-corrected chi connectivity index (χ2v) is 5.49. The molecule has 0 saturated carbocycles. The predicted octanol–water partition coefficient (Wildman–Crippen LogP) is 0.291. The maximum Gasteiger partial charge on any atom is 0.246 e. The van der Waals surface area contributed by atoms with E-state index in [2.05, 4.69) is 19.2 Å². The van der Waals surface area contributed by atoms with Gasteiger partial charge >= 0.3 is 0 Å². The first-order valence-corrected chi connectivity index (χ1v) is 6.11. The van der Waals surface area contributed by atoms with Gasteiger partial charge in [0.25, 0.3) is 0 Å². The van der Waals surface area contributed by atoms with Gasteiger partial charge in [-0.1, -0.05) is 0 Å². The number of ether oxygens (including phenoxy) is 1. The fourth-order valence-corrected chi connectivity index (χ4v) is 2.41. The quantitative estimate of drug-likeness (QED) is 0.720. The molecule has 2 amide bonds. The van der Waals surface area contributed by atoms with Crippen molar-refractivity contribution in [2.45, 2.75) is 50.9 Å². The first-order chi connectivity index (χ1) is 7.89. The number of nitrogens with zero attached hydrogens (tertiary/aromatic N) is 1. The van der Waals surface area contributed by atoms with E-state index in [4.69, 9.17) is 4.74 Å². The number of carbonyl (C=O) groups excluding carboxylic acids is 2. The van der Waals surface area contributed by atoms with Crippen LogP contribution in [0.1, 0.15) is 33.1 Å². The van der Waals surface area contributed by atoms with Crippen molar-refractivity contribution in [3.05, 3.63) is 0 Å². The zero-order chi connectivity index (χ0) is 12.6. The van der Waals surface area contributed by atoms with E-state index >= 15 is 0 Å². The van der Waals surface area contributed by atoms with Gasteiger partial charge in [-0.3, -0.25) is 14.5 Å². The largest absolute Gasteiger partial charge is 0.371 e. The van der Waals surface area contributed by atoms with E-state index < -0.39 is 0 Å². The Morgan fingerprint density at radius 2 is 2.18 bits per heavy atom. The zero-order valence-electron chi connectivity index (χ0n) is 10.7. The summed E-state index contributed by atoms with van der Waals surface area (Å²) >= 11 is 0. The molecule has 2 aliphatic heterocycles. The molecule has 96 valence electrons. The Balaban J connectivity index is 1.80. The standard InChI is InChI=1S/C12H20N2O3/c1-12(2)5-4-8(17-12)7-13-9-6-10(15)14(3)11(9)16/h8-9,13H,4-7H2,1-3H3. The van der Waals surface area contributed by atoms with Crippen LogP contribution in [0, 0.1) is 0 Å². The van der Waals surface area contributed by atoms with Gasteiger partial charge in [0.2, 0.25) is 11.8 Å². The molecule has 0 radical (unpaired) electrons. The highest BCUT2D eigenvalue weighted by molar-refractivity contribution is 6.05. The summed E-state index contributed by atoms with van der Waals surface area (Å²) < 4.78 is 5.83. The van der Waals surface area contributed by atoms with Crippen molar-refractivity contribution in [2.24, 2.45) is 0 Å². The summed E-state index contributed by atoms with van der Waals surface area (Å²) in [5.74, 6) is -0.243. The van der Waals surface area contributed by atoms with Gasteiger partial charge in [0, 0.05) is 13.6 Å². The van der Waals surface area contributed by atoms with Gasteiger partial charge in [-0.15, -0.1) is 0 Å². The van der Waals surface area contributed by atoms with Crippen LogP contribution in [0.2, 0.25) is 0 Å². The summed E-state index contributed by atoms with van der Waals surface area (Å²) in [6, 6.07) is -0.361. The Labute approximate surface area is 101 Å². The number of likely N-dealkylation sites (N-methyl/N-ethyl adjacent to an activating group) is 1. The normalized spacial score (nSPS) is 32.5. The van der Waals surface area contributed by atoms with E-state index in [-0.39, 0.29) is 36.0 Å². The molecule has 2 aliphatic rings. The fourth-order valence-electron chi connectivity index (χ4n) is 2.41. The van der Waals surface area contributed by atoms with Crippen molar-refractivity contribution in [3.8, 4) is 0 Å². The van der Waals surface area contributed by atoms with Crippen LogP contribution in [-0.2, 0) is 14.3 Å². The third-order valence-corrected chi connectivity index (χ3v) is 3.53. The Bertz CT molecular complexity index is 341. The minimum atomic E-state index is -0.361. The van der Waals surface area contributed by atoms with Crippen molar-refractivity contribution in [3.63, 3.8) is 0 Å². The fraction of sp³-hybridized carbons (Fsp3) is 0.833. The second kappa shape index (κ2) is 4.38. The van der Waals surface area contributed by atoms with E-state index in [0.29, 0.717) is 6.54 Å². The Morgan fingerprint density at radius 3 is 2.65 bits per heavy atom. The average molecular weight is 240 g/mol. The summed E-state index contributed by atoms with van der Waals surface area (Å²) in [5.41, 5.74) is -0.0569. The number of hydrogen-bond acceptors (Lipinski definition) is 4. The third kappa shape index (κ3) is 2.66. The van der Waals surface area contributed by atoms with Crippen LogP contribution in [0.25, 0.3) is 0 Å². The van der Waals surface area contributed by atoms with E-state index in [9.17, 15) is 9.59 Å². The molecule has 0 aromatic rings. The molecule has 5 nitrogen and oxygen atoms in total. The molecule has 2 rings (SSSR count). The number of carbonyl (C=O) groups is 2. The summed E-state index contributed by atoms with van der Waals surface area (Å²) in [7, 11) is 1.53. The lowest BCUT2D eigenvalue weighted by Crippen LogP contribution is -2.41. The molecule has 1 N–H and O–H groups in total. The lowest BCUT2D eigenvalue weighted by molar-refractivity contribution is -0.137. The zero-order valence-corrected chi connectivity index (χ0v) is 10.7. The first-order valence-electron chi connectivity index (χ1n) is 6.11. The lowest BCUT2D eigenvalue weighted by Gasteiger charge is -2.20. The SMILES string of the molecule is CN1C(=O)CC(NCC2CCC(C)(C)O2)C1=O. The van der Waals surface area contributed by atoms with Gasteiger partial charge in [0.15, 0.2) is 0 Å². The minimum absolute atomic E-state index is 0.0569. The van der Waals surface area contributed by atoms with Gasteiger partial charge < -0.3 is 10.1 Å². The molecule has 2 atom stereocenters. The van der Waals surface area contributed by atoms with Crippen molar-refractivity contribution >= 4 is 11.8 Å². The molecule has 2 saturated heterocycles. The second-order valence-electron chi connectivity index (χ2n) is 5.49. The summed E-state index contributed by atoms with van der Waals surface area (Å²) in [6.07, 6.45) is 2.46. The molecule has 0 aromatic carbocycles. The predicted molar refractivity (Wildman–Crippen MR) is 62.4 cm³/mol. The van der Waals surface area contributed by atoms with Crippen LogP contribution in [0.15, 0.2) is 0 Å². The highest BCUT2D eigenvalue weighted by atomic mass is 16.5. The molecule has 2 heterocycles. The van der Waals surface area contributed by atoms with Crippen LogP contribution in [-0.4, -0.2) is 48.1 Å². The van der Waals surface area contributed by atoms with Crippen LogP contribution < -0.4 is 5.32 Å². The minimum Gasteiger partial charge on any atom is -0.371 e. The van der Waals surface area contributed by atoms with Crippen LogP contribution in [0.4, 0.5) is 0 Å². The Hall–Kier alpha value is -0.940. The van der Waals surface area contributed by atoms with Crippen molar-refractivity contribution < 1.29 is 14.3 Å². The number of nitrogens with one attached hydrogen (secondary N) is 1. The maximum absolute atomic E-state index is 11.6. The van der Waals surface area contributed by atoms with E-state index in [0.717, 1.165) is 12.8 Å². The molecule has 2 fully saturated rings. The van der Waals surface area contributed by atoms with Crippen LogP contribution in [0.5, 0.6) is 0 Å². The van der Waals surface area contributed by atoms with Gasteiger partial charge in [-0.25, -0.2) is 0 Å². The van der Waals surface area contributed by atoms with Crippen LogP contribution in [0.3, 0.4) is 0 Å². The average Bonchev–Trinajstić information content (AvgIpc) is 2.71. The first kappa shape index (κ1) is 12.5. The molecule has 0 bridgehead atoms. The van der Waals surface area contributed by atoms with Gasteiger partial charge in [0.1, 0.15) is 0 Å². The topological polar surface area (TPSA) is 58.6 Å². The molecular weight excluding hydrogens is 220 g/mol. The molecule has 0 spiro atoms. The van der Waals surface area contributed by atoms with Crippen LogP contribution >= 0.6 is 0 Å². The highest BCUT2D eigenvalue weighted by Crippen LogP contribution is 2.29. The molecular formula is C12H20N2O3. The van der Waals surface area contributed by atoms with Crippen molar-refractivity contribution in [2.75, 3.05) is 13.6 Å². The molecule has 17 heavy (non-hydrogen) atoms. The highest BCUT2D eigenvalue weighted by Gasteiger charge is 2.37. The number of hydrogen-bond donors (Lipinski definition) is 1. The molecule has 2 unspecified atom stereocenters. The molecule has 0 aromatic heterocycles. The number of amides is 2. The molecule has 5 heteroatoms. The number of rotatable bonds is 3. The van der Waals surface area contributed by atoms with E-state index in [1.807, 2.05) is 0 Å². The lowest BCUT2D eigenvalue weighted by atomic mass is 10.1. The smallest absolute Gasteiger partial charge is 0.246 e. The third-order valence-electron chi connectivity index (χ3n) is 3.53. The summed E-state index contributed by atoms with van der Waals surface area (Å²) in [5, 5.41) is 3.13. The Morgan fingerprint density at radius 1 is 1.47 bits per heavy atom. The summed E-state index contributed by atoms with van der Waals surface area (Å²) in [4.78, 5) is 24.2. The maximum atomic E-state index is 11.6. The van der Waals surface area contributed by atoms with Crippen molar-refractivity contribution in [1.82, 2.24) is 10.2 Å². The van der Waals surface area contributed by atoms with Crippen molar-refractivity contribution in [1.29, 1.82) is 0 Å². The number of likely N-dealkylation sites (tertiary alicyclic amines) is 1. The van der Waals surface area contributed by atoms with Gasteiger partial charge in [0.05, 0.1) is 24.2 Å². The molecule has 0 aliphatic carbocycles.